The quantitative estimate of drug-likeness (QED) is 0.607. The van der Waals surface area contributed by atoms with E-state index < -0.39 is 16.1 Å². The Morgan fingerprint density at radius 3 is 2.24 bits per heavy atom. The molecule has 34 heavy (non-hydrogen) atoms. The Balaban J connectivity index is 1.07. The summed E-state index contributed by atoms with van der Waals surface area (Å²) in [5, 5.41) is 0. The third-order valence-electron chi connectivity index (χ3n) is 8.96. The number of ketones is 1. The van der Waals surface area contributed by atoms with E-state index in [1.807, 2.05) is 11.0 Å². The summed E-state index contributed by atoms with van der Waals surface area (Å²) in [6.45, 7) is 2.81. The summed E-state index contributed by atoms with van der Waals surface area (Å²) in [5.74, 6) is 2.05. The molecule has 0 spiro atoms. The third kappa shape index (κ3) is 3.60. The standard InChI is InChI=1S/C26H32N2O5S/c1-16(23(29)26-13-17-10-18(14-26)12-19(11-17)15-26)33-25(30)20-6-8-28(9-7-20)24-21-4-2-3-5-22(21)34(31,32)27-24/h2-5,16-20H,6-15H2,1H3/t16-,17?,18?,19?,26?/m0/s1. The first-order chi connectivity index (χ1) is 16.2. The van der Waals surface area contributed by atoms with Gasteiger partial charge in [0.2, 0.25) is 0 Å². The Morgan fingerprint density at radius 2 is 1.62 bits per heavy atom. The van der Waals surface area contributed by atoms with Crippen LogP contribution in [-0.4, -0.2) is 50.1 Å². The minimum absolute atomic E-state index is 0.138. The number of carbonyl (C=O) groups excluding carboxylic acids is 2. The zero-order chi connectivity index (χ0) is 23.7. The predicted molar refractivity (Wildman–Crippen MR) is 126 cm³/mol. The second-order valence-electron chi connectivity index (χ2n) is 11.3. The first-order valence-corrected chi connectivity index (χ1v) is 14.1. The summed E-state index contributed by atoms with van der Waals surface area (Å²) < 4.78 is 34.5. The van der Waals surface area contributed by atoms with Crippen LogP contribution in [0.3, 0.4) is 0 Å². The van der Waals surface area contributed by atoms with Crippen molar-refractivity contribution in [2.75, 3.05) is 13.1 Å². The van der Waals surface area contributed by atoms with Gasteiger partial charge in [-0.2, -0.15) is 8.42 Å². The van der Waals surface area contributed by atoms with Gasteiger partial charge in [-0.25, -0.2) is 0 Å². The van der Waals surface area contributed by atoms with Crippen LogP contribution in [0.25, 0.3) is 0 Å². The number of ether oxygens (including phenoxy) is 1. The second-order valence-corrected chi connectivity index (χ2v) is 12.9. The van der Waals surface area contributed by atoms with Crippen LogP contribution in [0.1, 0.15) is 63.9 Å². The Bertz CT molecular complexity index is 1130. The van der Waals surface area contributed by atoms with Crippen LogP contribution in [-0.2, 0) is 24.3 Å². The van der Waals surface area contributed by atoms with E-state index in [-0.39, 0.29) is 28.0 Å². The van der Waals surface area contributed by atoms with E-state index in [4.69, 9.17) is 4.74 Å². The molecule has 4 aliphatic carbocycles. The number of rotatable bonds is 4. The van der Waals surface area contributed by atoms with Crippen molar-refractivity contribution in [2.24, 2.45) is 33.5 Å². The van der Waals surface area contributed by atoms with Crippen molar-refractivity contribution in [1.29, 1.82) is 0 Å². The van der Waals surface area contributed by atoms with Gasteiger partial charge in [0.15, 0.2) is 17.7 Å². The molecule has 1 atom stereocenters. The van der Waals surface area contributed by atoms with Crippen LogP contribution in [0.4, 0.5) is 0 Å². The maximum Gasteiger partial charge on any atom is 0.309 e. The first kappa shape index (κ1) is 22.3. The van der Waals surface area contributed by atoms with Gasteiger partial charge in [-0.05, 0) is 88.2 Å². The molecule has 7 nitrogen and oxygen atoms in total. The van der Waals surface area contributed by atoms with Crippen molar-refractivity contribution in [1.82, 2.24) is 4.90 Å². The fraction of sp³-hybridized carbons (Fsp3) is 0.654. The highest BCUT2D eigenvalue weighted by Gasteiger charge is 2.55. The van der Waals surface area contributed by atoms with Crippen molar-refractivity contribution in [3.8, 4) is 0 Å². The number of hydrogen-bond donors (Lipinski definition) is 0. The van der Waals surface area contributed by atoms with E-state index in [0.717, 1.165) is 19.3 Å². The zero-order valence-corrected chi connectivity index (χ0v) is 20.4. The van der Waals surface area contributed by atoms with Crippen molar-refractivity contribution in [3.63, 3.8) is 0 Å². The van der Waals surface area contributed by atoms with Gasteiger partial charge in [0.25, 0.3) is 10.0 Å². The number of esters is 1. The van der Waals surface area contributed by atoms with E-state index in [1.54, 1.807) is 25.1 Å². The largest absolute Gasteiger partial charge is 0.454 e. The number of piperidine rings is 1. The van der Waals surface area contributed by atoms with E-state index in [2.05, 4.69) is 4.40 Å². The number of sulfonamides is 1. The maximum absolute atomic E-state index is 13.5. The van der Waals surface area contributed by atoms with Crippen molar-refractivity contribution < 1.29 is 22.7 Å². The number of amidine groups is 1. The van der Waals surface area contributed by atoms with Gasteiger partial charge in [0.1, 0.15) is 4.90 Å². The molecule has 8 heteroatoms. The van der Waals surface area contributed by atoms with E-state index in [9.17, 15) is 18.0 Å². The molecular formula is C26H32N2O5S. The normalized spacial score (nSPS) is 34.4. The summed E-state index contributed by atoms with van der Waals surface area (Å²) >= 11 is 0. The van der Waals surface area contributed by atoms with E-state index >= 15 is 0 Å². The lowest BCUT2D eigenvalue weighted by Gasteiger charge is -2.56. The van der Waals surface area contributed by atoms with Crippen LogP contribution >= 0.6 is 0 Å². The van der Waals surface area contributed by atoms with Crippen LogP contribution in [0, 0.1) is 29.1 Å². The number of carbonyl (C=O) groups is 2. The number of benzene rings is 1. The summed E-state index contributed by atoms with van der Waals surface area (Å²) in [4.78, 5) is 28.6. The highest BCUT2D eigenvalue weighted by atomic mass is 32.2. The SMILES string of the molecule is C[C@H](OC(=O)C1CCN(C2=NS(=O)(=O)c3ccccc32)CC1)C(=O)C12CC3CC(CC(C3)C1)C2. The van der Waals surface area contributed by atoms with Gasteiger partial charge in [0, 0.05) is 24.1 Å². The molecule has 1 aromatic rings. The van der Waals surface area contributed by atoms with Crippen LogP contribution in [0.5, 0.6) is 0 Å². The zero-order valence-electron chi connectivity index (χ0n) is 19.6. The van der Waals surface area contributed by atoms with Crippen LogP contribution < -0.4 is 0 Å². The van der Waals surface area contributed by atoms with E-state index in [0.29, 0.717) is 55.1 Å². The first-order valence-electron chi connectivity index (χ1n) is 12.7. The highest BCUT2D eigenvalue weighted by Crippen LogP contribution is 2.60. The monoisotopic (exact) mass is 484 g/mol. The molecule has 0 aromatic heterocycles. The van der Waals surface area contributed by atoms with E-state index in [1.165, 1.54) is 19.3 Å². The van der Waals surface area contributed by atoms with Crippen molar-refractivity contribution in [2.45, 2.75) is 69.3 Å². The Labute approximate surface area is 201 Å². The molecule has 2 aliphatic heterocycles. The average Bonchev–Trinajstić information content (AvgIpc) is 3.09. The van der Waals surface area contributed by atoms with Gasteiger partial charge in [-0.1, -0.05) is 12.1 Å². The minimum atomic E-state index is -3.66. The highest BCUT2D eigenvalue weighted by molar-refractivity contribution is 7.90. The Hall–Kier alpha value is -2.22. The molecule has 0 amide bonds. The van der Waals surface area contributed by atoms with Gasteiger partial charge in [0.05, 0.1) is 5.92 Å². The molecule has 2 heterocycles. The van der Waals surface area contributed by atoms with Crippen LogP contribution in [0.15, 0.2) is 33.6 Å². The smallest absolute Gasteiger partial charge is 0.309 e. The summed E-state index contributed by atoms with van der Waals surface area (Å²) in [7, 11) is -3.66. The third-order valence-corrected chi connectivity index (χ3v) is 10.3. The summed E-state index contributed by atoms with van der Waals surface area (Å²) in [6, 6.07) is 6.86. The molecule has 6 aliphatic rings. The fourth-order valence-corrected chi connectivity index (χ4v) is 9.04. The lowest BCUT2D eigenvalue weighted by Crippen LogP contribution is -2.53. The van der Waals surface area contributed by atoms with Crippen molar-refractivity contribution >= 4 is 27.6 Å². The Kier molecular flexibility index (Phi) is 5.17. The molecule has 0 radical (unpaired) electrons. The van der Waals surface area contributed by atoms with Gasteiger partial charge < -0.3 is 9.64 Å². The number of nitrogens with zero attached hydrogens (tertiary/aromatic N) is 2. The van der Waals surface area contributed by atoms with Gasteiger partial charge in [-0.15, -0.1) is 4.40 Å². The Morgan fingerprint density at radius 1 is 1.03 bits per heavy atom. The molecular weight excluding hydrogens is 452 g/mol. The number of Topliss-reactive ketones (excluding diaryl/α,β-unsaturated/α-hetero) is 1. The molecule has 0 unspecified atom stereocenters. The van der Waals surface area contributed by atoms with Gasteiger partial charge >= 0.3 is 5.97 Å². The minimum Gasteiger partial charge on any atom is -0.454 e. The molecule has 0 N–H and O–H groups in total. The van der Waals surface area contributed by atoms with Crippen molar-refractivity contribution in [3.05, 3.63) is 29.8 Å². The molecule has 182 valence electrons. The molecule has 4 saturated carbocycles. The second kappa shape index (κ2) is 7.90. The average molecular weight is 485 g/mol. The molecule has 1 aromatic carbocycles. The number of likely N-dealkylation sites (tertiary alicyclic amines) is 1. The predicted octanol–water partition coefficient (Wildman–Crippen LogP) is 3.56. The van der Waals surface area contributed by atoms with Gasteiger partial charge in [-0.3, -0.25) is 9.59 Å². The molecule has 5 fully saturated rings. The molecule has 7 rings (SSSR count). The number of hydrogen-bond acceptors (Lipinski definition) is 6. The lowest BCUT2D eigenvalue weighted by molar-refractivity contribution is -0.168. The summed E-state index contributed by atoms with van der Waals surface area (Å²) in [5.41, 5.74) is 0.357. The molecule has 1 saturated heterocycles. The van der Waals surface area contributed by atoms with Crippen LogP contribution in [0.2, 0.25) is 0 Å². The topological polar surface area (TPSA) is 93.1 Å². The summed E-state index contributed by atoms with van der Waals surface area (Å²) in [6.07, 6.45) is 7.16. The maximum atomic E-state index is 13.5. The molecule has 4 bridgehead atoms. The lowest BCUT2D eigenvalue weighted by atomic mass is 9.48. The number of fused-ring (bicyclic) bond motifs is 1. The fourth-order valence-electron chi connectivity index (χ4n) is 7.81.